The van der Waals surface area contributed by atoms with E-state index in [1.54, 1.807) is 6.08 Å². The molecule has 2 fully saturated rings. The fourth-order valence-electron chi connectivity index (χ4n) is 10.3. The Labute approximate surface area is 503 Å². The standard InChI is InChI=1S/C69H119NO13/c1-3-5-7-9-11-13-15-17-19-21-23-25-26-27-28-29-30-31-32-33-35-37-39-41-43-45-47-49-51-53-61(74)70-57(58(73)52-50-48-46-44-42-40-38-36-34-24-22-20-18-16-14-12-10-8-6-4-2)56-80-68-66(79)64(77)67(60(55-72)82-68)83-69-65(78)63(76)62(75)59(54-71)81-69/h5,7,11,13,17,19,23,25,27-28,30-31,42,44,50,52,57-60,62-69,71-73,75-79H,3-4,6,8-10,12,14-16,18,20-22,24,26,29,32-41,43,45-49,51,53-56H2,1-2H3,(H,70,74)/b7-5-,13-11-,19-17-,25-23-,28-27-,31-30-,44-42+,52-50+. The molecule has 0 bridgehead atoms. The lowest BCUT2D eigenvalue weighted by atomic mass is 9.97. The van der Waals surface area contributed by atoms with Crippen molar-refractivity contribution in [3.63, 3.8) is 0 Å². The number of hydrogen-bond acceptors (Lipinski definition) is 13. The smallest absolute Gasteiger partial charge is 0.220 e. The highest BCUT2D eigenvalue weighted by Crippen LogP contribution is 2.30. The summed E-state index contributed by atoms with van der Waals surface area (Å²) < 4.78 is 22.8. The van der Waals surface area contributed by atoms with Crippen molar-refractivity contribution < 1.29 is 64.6 Å². The topological polar surface area (TPSA) is 228 Å². The van der Waals surface area contributed by atoms with E-state index in [9.17, 15) is 45.6 Å². The minimum absolute atomic E-state index is 0.257. The maximum absolute atomic E-state index is 13.3. The van der Waals surface area contributed by atoms with Gasteiger partial charge in [0, 0.05) is 6.42 Å². The fourth-order valence-corrected chi connectivity index (χ4v) is 10.3. The first-order valence-electron chi connectivity index (χ1n) is 33.0. The van der Waals surface area contributed by atoms with Gasteiger partial charge in [0.05, 0.1) is 32.0 Å². The van der Waals surface area contributed by atoms with Gasteiger partial charge in [-0.3, -0.25) is 4.79 Å². The van der Waals surface area contributed by atoms with Crippen LogP contribution in [0.4, 0.5) is 0 Å². The molecule has 478 valence electrons. The Morgan fingerprint density at radius 3 is 1.33 bits per heavy atom. The minimum Gasteiger partial charge on any atom is -0.394 e. The van der Waals surface area contributed by atoms with Crippen molar-refractivity contribution >= 4 is 5.91 Å². The van der Waals surface area contributed by atoms with E-state index < -0.39 is 86.8 Å². The Balaban J connectivity index is 1.73. The molecular formula is C69H119NO13. The van der Waals surface area contributed by atoms with Crippen LogP contribution in [0.1, 0.15) is 239 Å². The number of aliphatic hydroxyl groups excluding tert-OH is 8. The molecule has 2 saturated heterocycles. The molecule has 0 radical (unpaired) electrons. The highest BCUT2D eigenvalue weighted by Gasteiger charge is 2.51. The summed E-state index contributed by atoms with van der Waals surface area (Å²) in [5, 5.41) is 87.3. The van der Waals surface area contributed by atoms with Crippen molar-refractivity contribution in [3.8, 4) is 0 Å². The van der Waals surface area contributed by atoms with Crippen LogP contribution in [0.3, 0.4) is 0 Å². The van der Waals surface area contributed by atoms with Crippen LogP contribution in [0, 0.1) is 0 Å². The van der Waals surface area contributed by atoms with Crippen molar-refractivity contribution in [2.75, 3.05) is 19.8 Å². The average Bonchev–Trinajstić information content (AvgIpc) is 3.65. The Kier molecular flexibility index (Phi) is 48.7. The molecule has 0 saturated carbocycles. The SMILES string of the molecule is CC/C=C\C/C=C\C/C=C\C/C=C\C/C=C\C/C=C\CCCCCCCCCCCCC(=O)NC(COC1OC(CO)C(OC2OC(CO)C(O)C(O)C2O)C(O)C1O)C(O)/C=C/CC/C=C/CCCCCCCCCCCCCCCC. The largest absolute Gasteiger partial charge is 0.394 e. The van der Waals surface area contributed by atoms with Crippen LogP contribution in [0.25, 0.3) is 0 Å². The average molecular weight is 1170 g/mol. The molecule has 0 aromatic rings. The number of carbonyl (C=O) groups excluding carboxylic acids is 1. The molecular weight excluding hydrogens is 1050 g/mol. The molecule has 0 aromatic carbocycles. The summed E-state index contributed by atoms with van der Waals surface area (Å²) in [7, 11) is 0. The quantitative estimate of drug-likeness (QED) is 0.0204. The molecule has 0 spiro atoms. The van der Waals surface area contributed by atoms with Crippen LogP contribution in [-0.4, -0.2) is 140 Å². The molecule has 0 aliphatic carbocycles. The normalized spacial score (nSPS) is 24.5. The predicted molar refractivity (Wildman–Crippen MR) is 336 cm³/mol. The maximum Gasteiger partial charge on any atom is 0.220 e. The van der Waals surface area contributed by atoms with Crippen LogP contribution in [0.5, 0.6) is 0 Å². The van der Waals surface area contributed by atoms with Crippen LogP contribution >= 0.6 is 0 Å². The van der Waals surface area contributed by atoms with E-state index in [1.165, 1.54) is 128 Å². The molecule has 12 atom stereocenters. The van der Waals surface area contributed by atoms with Gasteiger partial charge in [-0.2, -0.15) is 0 Å². The maximum atomic E-state index is 13.3. The number of allylic oxidation sites excluding steroid dienone is 15. The monoisotopic (exact) mass is 1170 g/mol. The highest BCUT2D eigenvalue weighted by molar-refractivity contribution is 5.76. The van der Waals surface area contributed by atoms with E-state index in [0.717, 1.165) is 77.0 Å². The van der Waals surface area contributed by atoms with E-state index in [0.29, 0.717) is 12.8 Å². The number of rotatable bonds is 52. The zero-order valence-electron chi connectivity index (χ0n) is 51.7. The number of nitrogens with one attached hydrogen (secondary N) is 1. The van der Waals surface area contributed by atoms with E-state index >= 15 is 0 Å². The van der Waals surface area contributed by atoms with E-state index in [2.05, 4.69) is 104 Å². The van der Waals surface area contributed by atoms with Gasteiger partial charge in [0.1, 0.15) is 48.8 Å². The summed E-state index contributed by atoms with van der Waals surface area (Å²) in [6, 6.07) is -0.941. The number of ether oxygens (including phenoxy) is 4. The molecule has 2 rings (SSSR count). The molecule has 2 heterocycles. The molecule has 14 nitrogen and oxygen atoms in total. The lowest BCUT2D eigenvalue weighted by molar-refractivity contribution is -0.359. The molecule has 9 N–H and O–H groups in total. The number of unbranched alkanes of at least 4 members (excludes halogenated alkanes) is 25. The van der Waals surface area contributed by atoms with Crippen LogP contribution < -0.4 is 5.32 Å². The fraction of sp³-hybridized carbons (Fsp3) is 0.754. The van der Waals surface area contributed by atoms with Gasteiger partial charge in [-0.1, -0.05) is 246 Å². The van der Waals surface area contributed by atoms with Crippen molar-refractivity contribution in [1.29, 1.82) is 0 Å². The van der Waals surface area contributed by atoms with Crippen molar-refractivity contribution in [3.05, 3.63) is 97.2 Å². The highest BCUT2D eigenvalue weighted by atomic mass is 16.7. The predicted octanol–water partition coefficient (Wildman–Crippen LogP) is 12.6. The zero-order chi connectivity index (χ0) is 60.2. The first-order valence-corrected chi connectivity index (χ1v) is 33.0. The Hall–Kier alpha value is -3.09. The van der Waals surface area contributed by atoms with Gasteiger partial charge < -0.3 is 65.1 Å². The summed E-state index contributed by atoms with van der Waals surface area (Å²) >= 11 is 0. The summed E-state index contributed by atoms with van der Waals surface area (Å²) in [5.74, 6) is -0.257. The van der Waals surface area contributed by atoms with Gasteiger partial charge >= 0.3 is 0 Å². The Morgan fingerprint density at radius 1 is 0.446 bits per heavy atom. The lowest BCUT2D eigenvalue weighted by Crippen LogP contribution is -2.65. The second-order valence-corrected chi connectivity index (χ2v) is 22.9. The molecule has 12 unspecified atom stereocenters. The number of amides is 1. The van der Waals surface area contributed by atoms with Crippen LogP contribution in [-0.2, 0) is 23.7 Å². The molecule has 14 heteroatoms. The lowest BCUT2D eigenvalue weighted by Gasteiger charge is -2.46. The van der Waals surface area contributed by atoms with Crippen molar-refractivity contribution in [2.45, 2.75) is 312 Å². The zero-order valence-corrected chi connectivity index (χ0v) is 51.7. The van der Waals surface area contributed by atoms with E-state index in [1.807, 2.05) is 6.08 Å². The second kappa shape index (κ2) is 53.2. The summed E-state index contributed by atoms with van der Waals surface area (Å²) in [6.07, 6.45) is 57.3. The minimum atomic E-state index is -1.80. The van der Waals surface area contributed by atoms with Crippen LogP contribution in [0.2, 0.25) is 0 Å². The van der Waals surface area contributed by atoms with Crippen molar-refractivity contribution in [1.82, 2.24) is 5.32 Å². The van der Waals surface area contributed by atoms with Gasteiger partial charge in [-0.15, -0.1) is 0 Å². The number of hydrogen-bond donors (Lipinski definition) is 9. The first-order chi connectivity index (χ1) is 40.6. The summed E-state index contributed by atoms with van der Waals surface area (Å²) in [4.78, 5) is 13.3. The summed E-state index contributed by atoms with van der Waals surface area (Å²) in [6.45, 7) is 2.67. The molecule has 83 heavy (non-hydrogen) atoms. The third kappa shape index (κ3) is 37.9. The molecule has 0 aromatic heterocycles. The van der Waals surface area contributed by atoms with E-state index in [4.69, 9.17) is 18.9 Å². The van der Waals surface area contributed by atoms with Crippen molar-refractivity contribution in [2.24, 2.45) is 0 Å². The van der Waals surface area contributed by atoms with Gasteiger partial charge in [-0.05, 0) is 83.5 Å². The number of carbonyl (C=O) groups is 1. The third-order valence-corrected chi connectivity index (χ3v) is 15.5. The number of aliphatic hydroxyl groups is 8. The van der Waals surface area contributed by atoms with Gasteiger partial charge in [-0.25, -0.2) is 0 Å². The van der Waals surface area contributed by atoms with Gasteiger partial charge in [0.2, 0.25) is 5.91 Å². The molecule has 2 aliphatic rings. The Morgan fingerprint density at radius 2 is 0.843 bits per heavy atom. The summed E-state index contributed by atoms with van der Waals surface area (Å²) in [5.41, 5.74) is 0. The Bertz CT molecular complexity index is 1760. The third-order valence-electron chi connectivity index (χ3n) is 15.5. The van der Waals surface area contributed by atoms with E-state index in [-0.39, 0.29) is 18.9 Å². The first kappa shape index (κ1) is 76.0. The molecule has 1 amide bonds. The second-order valence-electron chi connectivity index (χ2n) is 22.9. The van der Waals surface area contributed by atoms with Crippen LogP contribution in [0.15, 0.2) is 97.2 Å². The van der Waals surface area contributed by atoms with Gasteiger partial charge in [0.25, 0.3) is 0 Å². The van der Waals surface area contributed by atoms with Gasteiger partial charge in [0.15, 0.2) is 12.6 Å². The molecule has 2 aliphatic heterocycles.